The second-order valence-electron chi connectivity index (χ2n) is 8.37. The van der Waals surface area contributed by atoms with Gasteiger partial charge < -0.3 is 20.6 Å². The number of nitrogens with zero attached hydrogens (tertiary/aromatic N) is 4. The van der Waals surface area contributed by atoms with Crippen molar-refractivity contribution in [2.75, 3.05) is 13.1 Å². The number of alkyl halides is 5. The summed E-state index contributed by atoms with van der Waals surface area (Å²) in [5, 5.41) is 9.77. The van der Waals surface area contributed by atoms with Crippen molar-refractivity contribution in [2.45, 2.75) is 76.4 Å². The number of piperidine rings is 1. The minimum atomic E-state index is -4.64. The molecule has 8 nitrogen and oxygen atoms in total. The molecule has 0 bridgehead atoms. The quantitative estimate of drug-likeness (QED) is 0.561. The minimum Gasteiger partial charge on any atom is -0.368 e. The molecule has 192 valence electrons. The molecule has 0 saturated carbocycles. The molecule has 0 spiro atoms. The van der Waals surface area contributed by atoms with E-state index in [-0.39, 0.29) is 61.8 Å². The maximum Gasteiger partial charge on any atom is 0.433 e. The zero-order chi connectivity index (χ0) is 24.6. The van der Waals surface area contributed by atoms with Crippen LogP contribution in [0.5, 0.6) is 0 Å². The molecule has 1 unspecified atom stereocenters. The fourth-order valence-electron chi connectivity index (χ4n) is 4.05. The maximum absolute atomic E-state index is 13.7. The fourth-order valence-corrected chi connectivity index (χ4v) is 4.05. The second kappa shape index (κ2) is 10.6. The molecule has 0 radical (unpaired) electrons. The summed E-state index contributed by atoms with van der Waals surface area (Å²) >= 11 is 0. The predicted octanol–water partition coefficient (Wildman–Crippen LogP) is 2.05. The first kappa shape index (κ1) is 28.1. The Hall–Kier alpha value is -2.12. The van der Waals surface area contributed by atoms with E-state index in [0.717, 1.165) is 0 Å². The Morgan fingerprint density at radius 2 is 1.97 bits per heavy atom. The Morgan fingerprint density at radius 1 is 1.29 bits per heavy atom. The van der Waals surface area contributed by atoms with Crippen LogP contribution in [0.2, 0.25) is 0 Å². The normalized spacial score (nSPS) is 21.1. The number of halogens is 6. The van der Waals surface area contributed by atoms with Crippen LogP contribution in [0.4, 0.5) is 22.0 Å². The SMILES string of the molecule is CCCc1nc2c(c(C(F)(F)F)n1)CCN(C(=O)C[C@@H](N)CN1C(=O)CCC(F)(F)C1O)C2.Cl. The summed E-state index contributed by atoms with van der Waals surface area (Å²) in [6.45, 7) is 1.16. The second-order valence-corrected chi connectivity index (χ2v) is 8.37. The number of nitrogens with two attached hydrogens (primary N) is 1. The van der Waals surface area contributed by atoms with Gasteiger partial charge in [0, 0.05) is 50.4 Å². The van der Waals surface area contributed by atoms with E-state index in [1.165, 1.54) is 4.90 Å². The molecule has 0 aromatic carbocycles. The number of aliphatic hydroxyl groups excluding tert-OH is 1. The van der Waals surface area contributed by atoms with E-state index in [1.807, 2.05) is 0 Å². The predicted molar refractivity (Wildman–Crippen MR) is 112 cm³/mol. The Balaban J connectivity index is 0.00000408. The summed E-state index contributed by atoms with van der Waals surface area (Å²) in [5.74, 6) is -4.63. The number of carbonyl (C=O) groups is 2. The molecule has 3 N–H and O–H groups in total. The van der Waals surface area contributed by atoms with Gasteiger partial charge in [-0.15, -0.1) is 12.4 Å². The fraction of sp³-hybridized carbons (Fsp3) is 0.700. The van der Waals surface area contributed by atoms with Crippen molar-refractivity contribution in [3.8, 4) is 0 Å². The smallest absolute Gasteiger partial charge is 0.368 e. The number of likely N-dealkylation sites (tertiary alicyclic amines) is 1. The number of aromatic nitrogens is 2. The third kappa shape index (κ3) is 6.11. The number of hydrogen-bond donors (Lipinski definition) is 2. The van der Waals surface area contributed by atoms with Gasteiger partial charge in [-0.1, -0.05) is 6.92 Å². The van der Waals surface area contributed by atoms with Crippen molar-refractivity contribution >= 4 is 24.2 Å². The molecule has 1 aromatic rings. The molecule has 1 saturated heterocycles. The van der Waals surface area contributed by atoms with Crippen molar-refractivity contribution in [3.63, 3.8) is 0 Å². The number of rotatable bonds is 6. The van der Waals surface area contributed by atoms with Crippen LogP contribution >= 0.6 is 12.4 Å². The van der Waals surface area contributed by atoms with Gasteiger partial charge in [-0.2, -0.15) is 13.2 Å². The van der Waals surface area contributed by atoms with Crippen molar-refractivity contribution < 1.29 is 36.6 Å². The van der Waals surface area contributed by atoms with Crippen LogP contribution in [-0.2, 0) is 35.2 Å². The summed E-state index contributed by atoms with van der Waals surface area (Å²) in [6.07, 6.45) is -7.81. The molecule has 2 aliphatic rings. The first-order valence-corrected chi connectivity index (χ1v) is 10.7. The Labute approximate surface area is 199 Å². The van der Waals surface area contributed by atoms with Gasteiger partial charge in [-0.3, -0.25) is 9.59 Å². The van der Waals surface area contributed by atoms with Gasteiger partial charge in [0.05, 0.1) is 12.2 Å². The molecule has 2 amide bonds. The maximum atomic E-state index is 13.7. The van der Waals surface area contributed by atoms with Crippen LogP contribution in [0, 0.1) is 0 Å². The average Bonchev–Trinajstić information content (AvgIpc) is 2.73. The van der Waals surface area contributed by atoms with E-state index in [9.17, 15) is 36.6 Å². The molecule has 34 heavy (non-hydrogen) atoms. The van der Waals surface area contributed by atoms with Crippen molar-refractivity contribution in [1.82, 2.24) is 19.8 Å². The minimum absolute atomic E-state index is 0. The number of amides is 2. The number of fused-ring (bicyclic) bond motifs is 1. The number of aryl methyl sites for hydroxylation is 1. The molecule has 2 aliphatic heterocycles. The highest BCUT2D eigenvalue weighted by Gasteiger charge is 2.48. The van der Waals surface area contributed by atoms with E-state index in [0.29, 0.717) is 11.3 Å². The standard InChI is InChI=1S/C20H26F5N5O3.ClH/c1-2-3-14-27-13-10-29(7-5-12(13)17(28-14)20(23,24)25)16(32)8-11(26)9-30-15(31)4-6-19(21,22)18(30)33;/h11,18,33H,2-10,26H2,1H3;1H/t11-,18?;/m1./s1. The first-order valence-electron chi connectivity index (χ1n) is 10.7. The van der Waals surface area contributed by atoms with Gasteiger partial charge >= 0.3 is 6.18 Å². The molecule has 3 rings (SSSR count). The van der Waals surface area contributed by atoms with Crippen LogP contribution < -0.4 is 5.73 Å². The van der Waals surface area contributed by atoms with Gasteiger partial charge in [0.15, 0.2) is 11.9 Å². The molecule has 3 heterocycles. The van der Waals surface area contributed by atoms with E-state index < -0.39 is 61.3 Å². The van der Waals surface area contributed by atoms with E-state index in [4.69, 9.17) is 5.73 Å². The van der Waals surface area contributed by atoms with Crippen molar-refractivity contribution in [2.24, 2.45) is 5.73 Å². The Bertz CT molecular complexity index is 917. The molecule has 14 heteroatoms. The lowest BCUT2D eigenvalue weighted by Gasteiger charge is -2.38. The van der Waals surface area contributed by atoms with Crippen LogP contribution in [0.15, 0.2) is 0 Å². The third-order valence-corrected chi connectivity index (χ3v) is 5.74. The largest absolute Gasteiger partial charge is 0.433 e. The molecular formula is C20H27ClF5N5O3. The third-order valence-electron chi connectivity index (χ3n) is 5.74. The summed E-state index contributed by atoms with van der Waals surface area (Å²) in [7, 11) is 0. The van der Waals surface area contributed by atoms with E-state index >= 15 is 0 Å². The van der Waals surface area contributed by atoms with Gasteiger partial charge in [-0.05, 0) is 12.8 Å². The monoisotopic (exact) mass is 515 g/mol. The summed E-state index contributed by atoms with van der Waals surface area (Å²) in [6, 6.07) is -1.04. The van der Waals surface area contributed by atoms with Crippen molar-refractivity contribution in [3.05, 3.63) is 22.8 Å². The lowest BCUT2D eigenvalue weighted by Crippen LogP contribution is -2.58. The lowest BCUT2D eigenvalue weighted by atomic mass is 10.0. The molecule has 0 aliphatic carbocycles. The zero-order valence-electron chi connectivity index (χ0n) is 18.4. The summed E-state index contributed by atoms with van der Waals surface area (Å²) < 4.78 is 67.8. The highest BCUT2D eigenvalue weighted by atomic mass is 35.5. The van der Waals surface area contributed by atoms with Gasteiger partial charge in [0.1, 0.15) is 5.82 Å². The Morgan fingerprint density at radius 3 is 2.59 bits per heavy atom. The average molecular weight is 516 g/mol. The summed E-state index contributed by atoms with van der Waals surface area (Å²) in [5.41, 5.74) is 4.98. The Kier molecular flexibility index (Phi) is 8.81. The van der Waals surface area contributed by atoms with Crippen LogP contribution in [0.3, 0.4) is 0 Å². The number of hydrogen-bond acceptors (Lipinski definition) is 6. The molecule has 1 aromatic heterocycles. The van der Waals surface area contributed by atoms with Crippen LogP contribution in [-0.4, -0.2) is 68.0 Å². The van der Waals surface area contributed by atoms with Crippen LogP contribution in [0.25, 0.3) is 0 Å². The zero-order valence-corrected chi connectivity index (χ0v) is 19.3. The highest BCUT2D eigenvalue weighted by molar-refractivity contribution is 5.85. The molecule has 2 atom stereocenters. The van der Waals surface area contributed by atoms with E-state index in [1.54, 1.807) is 6.92 Å². The highest BCUT2D eigenvalue weighted by Crippen LogP contribution is 2.34. The number of aliphatic hydroxyl groups is 1. The topological polar surface area (TPSA) is 113 Å². The lowest BCUT2D eigenvalue weighted by molar-refractivity contribution is -0.205. The van der Waals surface area contributed by atoms with Gasteiger partial charge in [0.2, 0.25) is 11.8 Å². The van der Waals surface area contributed by atoms with Gasteiger partial charge in [0.25, 0.3) is 5.92 Å². The van der Waals surface area contributed by atoms with Gasteiger partial charge in [-0.25, -0.2) is 18.7 Å². The first-order chi connectivity index (χ1) is 15.3. The van der Waals surface area contributed by atoms with Crippen LogP contribution in [0.1, 0.15) is 55.4 Å². The number of carbonyl (C=O) groups excluding carboxylic acids is 2. The van der Waals surface area contributed by atoms with E-state index in [2.05, 4.69) is 9.97 Å². The summed E-state index contributed by atoms with van der Waals surface area (Å²) in [4.78, 5) is 34.4. The molecular weight excluding hydrogens is 489 g/mol. The molecule has 1 fully saturated rings. The van der Waals surface area contributed by atoms with Crippen molar-refractivity contribution in [1.29, 1.82) is 0 Å².